The first kappa shape index (κ1) is 23.2. The lowest BCUT2D eigenvalue weighted by Gasteiger charge is -2.20. The van der Waals surface area contributed by atoms with Gasteiger partial charge in [0.2, 0.25) is 0 Å². The summed E-state index contributed by atoms with van der Waals surface area (Å²) < 4.78 is 4.63. The van der Waals surface area contributed by atoms with E-state index in [2.05, 4.69) is 44.2 Å². The minimum atomic E-state index is -0.593. The van der Waals surface area contributed by atoms with Gasteiger partial charge in [-0.3, -0.25) is 15.3 Å². The number of methoxy groups -OCH3 is 1. The Labute approximate surface area is 198 Å². The molecule has 34 heavy (non-hydrogen) atoms. The number of anilines is 2. The molecule has 0 bridgehead atoms. The molecule has 0 aromatic carbocycles. The van der Waals surface area contributed by atoms with Crippen LogP contribution in [0.25, 0.3) is 22.4 Å². The number of ether oxygens (including phenoxy) is 1. The summed E-state index contributed by atoms with van der Waals surface area (Å²) in [5.74, 6) is 0.365. The maximum Gasteiger partial charge on any atom is 0.412 e. The zero-order chi connectivity index (χ0) is 24.3. The maximum absolute atomic E-state index is 12.7. The number of nitrogens with one attached hydrogen (secondary N) is 2. The summed E-state index contributed by atoms with van der Waals surface area (Å²) in [6.07, 6.45) is 5.38. The summed E-state index contributed by atoms with van der Waals surface area (Å²) in [5, 5.41) is 5.54. The molecule has 1 fully saturated rings. The van der Waals surface area contributed by atoms with Crippen LogP contribution in [0.1, 0.15) is 26.0 Å². The van der Waals surface area contributed by atoms with Crippen LogP contribution >= 0.6 is 0 Å². The summed E-state index contributed by atoms with van der Waals surface area (Å²) >= 11 is 0. The molecular formula is C25H28N6O3. The molecule has 0 atom stereocenters. The van der Waals surface area contributed by atoms with Crippen LogP contribution in [0, 0.1) is 12.3 Å². The number of nitrogens with zero attached hydrogens (tertiary/aromatic N) is 4. The summed E-state index contributed by atoms with van der Waals surface area (Å²) in [7, 11) is 1.29. The van der Waals surface area contributed by atoms with Crippen LogP contribution in [0.4, 0.5) is 21.1 Å². The number of hydrogen-bond acceptors (Lipinski definition) is 6. The lowest BCUT2D eigenvalue weighted by molar-refractivity contribution is 0.187. The van der Waals surface area contributed by atoms with Crippen LogP contribution in [0.15, 0.2) is 48.9 Å². The molecule has 0 spiro atoms. The summed E-state index contributed by atoms with van der Waals surface area (Å²) in [5.41, 5.74) is 4.91. The van der Waals surface area contributed by atoms with Crippen molar-refractivity contribution in [3.8, 4) is 22.4 Å². The smallest absolute Gasteiger partial charge is 0.412 e. The van der Waals surface area contributed by atoms with E-state index >= 15 is 0 Å². The van der Waals surface area contributed by atoms with E-state index in [1.807, 2.05) is 36.1 Å². The lowest BCUT2D eigenvalue weighted by atomic mass is 9.93. The van der Waals surface area contributed by atoms with E-state index in [0.29, 0.717) is 17.2 Å². The molecule has 1 aliphatic rings. The highest BCUT2D eigenvalue weighted by atomic mass is 16.5. The van der Waals surface area contributed by atoms with Crippen molar-refractivity contribution in [2.75, 3.05) is 30.8 Å². The first-order chi connectivity index (χ1) is 16.2. The Bertz CT molecular complexity index is 1230. The van der Waals surface area contributed by atoms with Gasteiger partial charge in [-0.1, -0.05) is 13.8 Å². The number of aryl methyl sites for hydroxylation is 1. The van der Waals surface area contributed by atoms with Crippen molar-refractivity contribution in [1.29, 1.82) is 0 Å². The van der Waals surface area contributed by atoms with Crippen LogP contribution in [-0.4, -0.2) is 52.2 Å². The predicted molar refractivity (Wildman–Crippen MR) is 130 cm³/mol. The Morgan fingerprint density at radius 3 is 2.53 bits per heavy atom. The normalized spacial score (nSPS) is 14.5. The van der Waals surface area contributed by atoms with Gasteiger partial charge in [0.25, 0.3) is 0 Å². The Hall–Kier alpha value is -4.01. The van der Waals surface area contributed by atoms with Gasteiger partial charge in [-0.2, -0.15) is 0 Å². The Morgan fingerprint density at radius 1 is 1.03 bits per heavy atom. The number of amides is 3. The van der Waals surface area contributed by atoms with Gasteiger partial charge < -0.3 is 15.0 Å². The minimum Gasteiger partial charge on any atom is -0.453 e. The fraction of sp³-hybridized carbons (Fsp3) is 0.320. The average Bonchev–Trinajstić information content (AvgIpc) is 3.20. The highest BCUT2D eigenvalue weighted by Crippen LogP contribution is 2.31. The molecular weight excluding hydrogens is 432 g/mol. The van der Waals surface area contributed by atoms with E-state index in [0.717, 1.165) is 41.9 Å². The molecule has 9 heteroatoms. The van der Waals surface area contributed by atoms with Crippen molar-refractivity contribution < 1.29 is 14.3 Å². The Balaban J connectivity index is 1.57. The molecule has 3 aromatic rings. The molecule has 176 valence electrons. The molecule has 3 aromatic heterocycles. The largest absolute Gasteiger partial charge is 0.453 e. The summed E-state index contributed by atoms with van der Waals surface area (Å²) in [6.45, 7) is 7.75. The number of carbonyl (C=O) groups excluding carboxylic acids is 2. The number of rotatable bonds is 4. The quantitative estimate of drug-likeness (QED) is 0.570. The SMILES string of the molecule is COC(=O)Nc1cc(-c2cc(-c3cc(NC(=O)N4CCC(C)(C)C4)cnc3C)ccn2)ccn1. The summed E-state index contributed by atoms with van der Waals surface area (Å²) in [6, 6.07) is 9.19. The maximum atomic E-state index is 12.7. The van der Waals surface area contributed by atoms with Crippen molar-refractivity contribution in [2.24, 2.45) is 5.41 Å². The second-order valence-electron chi connectivity index (χ2n) is 9.10. The van der Waals surface area contributed by atoms with Gasteiger partial charge in [-0.25, -0.2) is 14.6 Å². The third kappa shape index (κ3) is 5.31. The highest BCUT2D eigenvalue weighted by Gasteiger charge is 2.32. The second kappa shape index (κ2) is 9.46. The molecule has 1 saturated heterocycles. The zero-order valence-corrected chi connectivity index (χ0v) is 19.8. The van der Waals surface area contributed by atoms with Crippen molar-refractivity contribution in [1.82, 2.24) is 19.9 Å². The number of aromatic nitrogens is 3. The fourth-order valence-electron chi connectivity index (χ4n) is 3.95. The van der Waals surface area contributed by atoms with Crippen molar-refractivity contribution in [2.45, 2.75) is 27.2 Å². The number of likely N-dealkylation sites (tertiary alicyclic amines) is 1. The molecule has 3 amide bonds. The van der Waals surface area contributed by atoms with Crippen LogP contribution in [0.5, 0.6) is 0 Å². The number of urea groups is 1. The van der Waals surface area contributed by atoms with E-state index in [9.17, 15) is 9.59 Å². The van der Waals surface area contributed by atoms with Gasteiger partial charge in [0.15, 0.2) is 0 Å². The van der Waals surface area contributed by atoms with E-state index in [-0.39, 0.29) is 11.4 Å². The van der Waals surface area contributed by atoms with Gasteiger partial charge in [-0.05, 0) is 54.7 Å². The zero-order valence-electron chi connectivity index (χ0n) is 19.8. The predicted octanol–water partition coefficient (Wildman–Crippen LogP) is 4.96. The fourth-order valence-corrected chi connectivity index (χ4v) is 3.95. The van der Waals surface area contributed by atoms with Gasteiger partial charge in [0.1, 0.15) is 5.82 Å². The molecule has 4 heterocycles. The first-order valence-corrected chi connectivity index (χ1v) is 11.0. The van der Waals surface area contributed by atoms with Crippen LogP contribution < -0.4 is 10.6 Å². The highest BCUT2D eigenvalue weighted by molar-refractivity contribution is 5.90. The van der Waals surface area contributed by atoms with E-state index in [4.69, 9.17) is 0 Å². The van der Waals surface area contributed by atoms with Crippen LogP contribution in [-0.2, 0) is 4.74 Å². The first-order valence-electron chi connectivity index (χ1n) is 11.0. The number of hydrogen-bond donors (Lipinski definition) is 2. The van der Waals surface area contributed by atoms with Gasteiger partial charge >= 0.3 is 12.1 Å². The van der Waals surface area contributed by atoms with Gasteiger partial charge in [0, 0.05) is 42.3 Å². The van der Waals surface area contributed by atoms with Crippen LogP contribution in [0.2, 0.25) is 0 Å². The standard InChI is InChI=1S/C25H28N6O3/c1-16-20(13-19(14-28-16)29-23(32)31-10-7-25(2,3)15-31)17-5-8-26-21(11-17)18-6-9-27-22(12-18)30-24(33)34-4/h5-6,8-9,11-14H,7,10,15H2,1-4H3,(H,29,32)(H,27,30,33). The monoisotopic (exact) mass is 460 g/mol. The average molecular weight is 461 g/mol. The minimum absolute atomic E-state index is 0.111. The third-order valence-corrected chi connectivity index (χ3v) is 5.84. The molecule has 0 unspecified atom stereocenters. The van der Waals surface area contributed by atoms with Crippen molar-refractivity contribution in [3.05, 3.63) is 54.6 Å². The summed E-state index contributed by atoms with van der Waals surface area (Å²) in [4.78, 5) is 39.2. The number of carbonyl (C=O) groups is 2. The van der Waals surface area contributed by atoms with Gasteiger partial charge in [0.05, 0.1) is 24.7 Å². The number of pyridine rings is 3. The van der Waals surface area contributed by atoms with Gasteiger partial charge in [-0.15, -0.1) is 0 Å². The molecule has 0 radical (unpaired) electrons. The topological polar surface area (TPSA) is 109 Å². The molecule has 0 saturated carbocycles. The van der Waals surface area contributed by atoms with E-state index < -0.39 is 6.09 Å². The van der Waals surface area contributed by atoms with E-state index in [1.54, 1.807) is 24.7 Å². The van der Waals surface area contributed by atoms with Crippen molar-refractivity contribution >= 4 is 23.6 Å². The Kier molecular flexibility index (Phi) is 6.45. The lowest BCUT2D eigenvalue weighted by Crippen LogP contribution is -2.34. The third-order valence-electron chi connectivity index (χ3n) is 5.84. The molecule has 2 N–H and O–H groups in total. The molecule has 1 aliphatic heterocycles. The van der Waals surface area contributed by atoms with Crippen molar-refractivity contribution in [3.63, 3.8) is 0 Å². The molecule has 9 nitrogen and oxygen atoms in total. The molecule has 0 aliphatic carbocycles. The second-order valence-corrected chi connectivity index (χ2v) is 9.10. The van der Waals surface area contributed by atoms with Crippen LogP contribution in [0.3, 0.4) is 0 Å². The Morgan fingerprint density at radius 2 is 1.79 bits per heavy atom. The molecule has 4 rings (SSSR count). The van der Waals surface area contributed by atoms with E-state index in [1.165, 1.54) is 7.11 Å².